The second-order valence-corrected chi connectivity index (χ2v) is 6.53. The Balaban J connectivity index is 4.58. The van der Waals surface area contributed by atoms with Gasteiger partial charge in [-0.3, -0.25) is 4.79 Å². The molecule has 2 N–H and O–H groups in total. The number of hydrogen-bond donors (Lipinski definition) is 2. The second kappa shape index (κ2) is 8.54. The maximum atomic E-state index is 11.4. The van der Waals surface area contributed by atoms with Crippen molar-refractivity contribution < 1.29 is 9.90 Å². The summed E-state index contributed by atoms with van der Waals surface area (Å²) in [5.41, 5.74) is -0.867. The van der Waals surface area contributed by atoms with E-state index in [9.17, 15) is 9.90 Å². The first kappa shape index (κ1) is 18.4. The molecule has 0 spiro atoms. The van der Waals surface area contributed by atoms with Crippen LogP contribution in [0.4, 0.5) is 0 Å². The van der Waals surface area contributed by atoms with Gasteiger partial charge in [0.2, 0.25) is 0 Å². The van der Waals surface area contributed by atoms with Crippen molar-refractivity contribution in [3.8, 4) is 0 Å². The fourth-order valence-electron chi connectivity index (χ4n) is 1.85. The quantitative estimate of drug-likeness (QED) is 0.641. The molecule has 0 aromatic carbocycles. The van der Waals surface area contributed by atoms with E-state index < -0.39 is 11.5 Å². The molecule has 4 heteroatoms. The van der Waals surface area contributed by atoms with Crippen LogP contribution < -0.4 is 5.32 Å². The molecule has 0 aliphatic heterocycles. The van der Waals surface area contributed by atoms with Crippen molar-refractivity contribution in [2.24, 2.45) is 11.8 Å². The van der Waals surface area contributed by atoms with Crippen LogP contribution >= 0.6 is 0 Å². The smallest absolute Gasteiger partial charge is 0.324 e. The molecule has 4 nitrogen and oxygen atoms in total. The van der Waals surface area contributed by atoms with Gasteiger partial charge in [0.15, 0.2) is 0 Å². The molecule has 0 radical (unpaired) electrons. The van der Waals surface area contributed by atoms with E-state index in [1.807, 2.05) is 0 Å². The summed E-state index contributed by atoms with van der Waals surface area (Å²) in [6, 6.07) is 0. The minimum Gasteiger partial charge on any atom is -0.480 e. The monoisotopic (exact) mass is 272 g/mol. The predicted octanol–water partition coefficient (Wildman–Crippen LogP) is 2.44. The summed E-state index contributed by atoms with van der Waals surface area (Å²) in [4.78, 5) is 13.7. The van der Waals surface area contributed by atoms with Crippen molar-refractivity contribution in [2.45, 2.75) is 53.0 Å². The number of nitrogens with zero attached hydrogens (tertiary/aromatic N) is 1. The molecule has 0 amide bonds. The predicted molar refractivity (Wildman–Crippen MR) is 80.5 cm³/mol. The zero-order valence-electron chi connectivity index (χ0n) is 13.5. The van der Waals surface area contributed by atoms with Gasteiger partial charge in [-0.15, -0.1) is 0 Å². The normalized spacial score (nSPS) is 15.2. The Kier molecular flexibility index (Phi) is 8.26. The Morgan fingerprint density at radius 2 is 1.58 bits per heavy atom. The fourth-order valence-corrected chi connectivity index (χ4v) is 1.85. The molecule has 1 atom stereocenters. The van der Waals surface area contributed by atoms with E-state index in [1.54, 1.807) is 14.0 Å². The SMILES string of the molecule is CNC(C)(CN(CCC(C)C)CCC(C)C)C(=O)O. The van der Waals surface area contributed by atoms with Crippen molar-refractivity contribution in [1.82, 2.24) is 10.2 Å². The zero-order chi connectivity index (χ0) is 15.1. The third-order valence-electron chi connectivity index (χ3n) is 3.61. The lowest BCUT2D eigenvalue weighted by Crippen LogP contribution is -2.56. The van der Waals surface area contributed by atoms with Gasteiger partial charge in [-0.2, -0.15) is 0 Å². The van der Waals surface area contributed by atoms with Crippen LogP contribution in [-0.2, 0) is 4.79 Å². The summed E-state index contributed by atoms with van der Waals surface area (Å²) in [7, 11) is 1.72. The number of carboxylic acids is 1. The van der Waals surface area contributed by atoms with E-state index in [1.165, 1.54) is 0 Å². The van der Waals surface area contributed by atoms with Crippen LogP contribution in [0.2, 0.25) is 0 Å². The van der Waals surface area contributed by atoms with E-state index in [4.69, 9.17) is 0 Å². The molecule has 0 aliphatic rings. The Bertz CT molecular complexity index is 255. The summed E-state index contributed by atoms with van der Waals surface area (Å²) in [6.07, 6.45) is 2.22. The van der Waals surface area contributed by atoms with Crippen LogP contribution in [-0.4, -0.2) is 48.2 Å². The molecule has 0 aliphatic carbocycles. The van der Waals surface area contributed by atoms with Gasteiger partial charge in [0.05, 0.1) is 0 Å². The number of nitrogens with one attached hydrogen (secondary N) is 1. The van der Waals surface area contributed by atoms with E-state index >= 15 is 0 Å². The summed E-state index contributed by atoms with van der Waals surface area (Å²) in [5, 5.41) is 12.3. The van der Waals surface area contributed by atoms with Gasteiger partial charge >= 0.3 is 5.97 Å². The number of rotatable bonds is 10. The number of aliphatic carboxylic acids is 1. The molecule has 19 heavy (non-hydrogen) atoms. The van der Waals surface area contributed by atoms with Gasteiger partial charge in [-0.1, -0.05) is 27.7 Å². The first-order valence-electron chi connectivity index (χ1n) is 7.36. The van der Waals surface area contributed by atoms with Gasteiger partial charge < -0.3 is 15.3 Å². The zero-order valence-corrected chi connectivity index (χ0v) is 13.5. The average Bonchev–Trinajstić information content (AvgIpc) is 2.31. The third-order valence-corrected chi connectivity index (χ3v) is 3.61. The lowest BCUT2D eigenvalue weighted by Gasteiger charge is -2.33. The van der Waals surface area contributed by atoms with Gasteiger partial charge in [0, 0.05) is 6.54 Å². The van der Waals surface area contributed by atoms with E-state index in [0.29, 0.717) is 18.4 Å². The summed E-state index contributed by atoms with van der Waals surface area (Å²) in [5.74, 6) is 0.508. The van der Waals surface area contributed by atoms with Gasteiger partial charge in [-0.05, 0) is 51.7 Å². The van der Waals surface area contributed by atoms with Crippen LogP contribution in [0.3, 0.4) is 0 Å². The summed E-state index contributed by atoms with van der Waals surface area (Å²) < 4.78 is 0. The Hall–Kier alpha value is -0.610. The largest absolute Gasteiger partial charge is 0.480 e. The van der Waals surface area contributed by atoms with Crippen molar-refractivity contribution in [2.75, 3.05) is 26.7 Å². The lowest BCUT2D eigenvalue weighted by molar-refractivity contribution is -0.144. The Morgan fingerprint density at radius 3 is 1.84 bits per heavy atom. The fraction of sp³-hybridized carbons (Fsp3) is 0.933. The van der Waals surface area contributed by atoms with E-state index in [-0.39, 0.29) is 0 Å². The Morgan fingerprint density at radius 1 is 1.16 bits per heavy atom. The minimum atomic E-state index is -0.867. The van der Waals surface area contributed by atoms with Gasteiger partial charge in [0.1, 0.15) is 5.54 Å². The van der Waals surface area contributed by atoms with Crippen LogP contribution in [0, 0.1) is 11.8 Å². The first-order valence-corrected chi connectivity index (χ1v) is 7.36. The van der Waals surface area contributed by atoms with Crippen LogP contribution in [0.5, 0.6) is 0 Å². The molecular formula is C15H32N2O2. The first-order chi connectivity index (χ1) is 8.71. The topological polar surface area (TPSA) is 52.6 Å². The summed E-state index contributed by atoms with van der Waals surface area (Å²) in [6.45, 7) is 13.1. The molecule has 1 unspecified atom stereocenters. The van der Waals surface area contributed by atoms with Crippen molar-refractivity contribution in [3.05, 3.63) is 0 Å². The molecule has 0 fully saturated rings. The summed E-state index contributed by atoms with van der Waals surface area (Å²) >= 11 is 0. The molecule has 0 aromatic heterocycles. The third kappa shape index (κ3) is 7.53. The maximum Gasteiger partial charge on any atom is 0.324 e. The molecule has 0 saturated heterocycles. The number of hydrogen-bond acceptors (Lipinski definition) is 3. The van der Waals surface area contributed by atoms with Gasteiger partial charge in [0.25, 0.3) is 0 Å². The molecule has 0 heterocycles. The molecule has 0 bridgehead atoms. The van der Waals surface area contributed by atoms with Crippen molar-refractivity contribution >= 4 is 5.97 Å². The highest BCUT2D eigenvalue weighted by atomic mass is 16.4. The molecule has 0 saturated carbocycles. The van der Waals surface area contributed by atoms with E-state index in [2.05, 4.69) is 37.9 Å². The number of carbonyl (C=O) groups is 1. The maximum absolute atomic E-state index is 11.4. The molecule has 0 aromatic rings. The number of carboxylic acid groups (broad SMARTS) is 1. The minimum absolute atomic E-state index is 0.554. The number of likely N-dealkylation sites (N-methyl/N-ethyl adjacent to an activating group) is 1. The van der Waals surface area contributed by atoms with Crippen LogP contribution in [0.1, 0.15) is 47.5 Å². The highest BCUT2D eigenvalue weighted by Gasteiger charge is 2.33. The van der Waals surface area contributed by atoms with Crippen LogP contribution in [0.15, 0.2) is 0 Å². The van der Waals surface area contributed by atoms with Crippen molar-refractivity contribution in [1.29, 1.82) is 0 Å². The second-order valence-electron chi connectivity index (χ2n) is 6.53. The Labute approximate surface area is 118 Å². The molecule has 114 valence electrons. The highest BCUT2D eigenvalue weighted by Crippen LogP contribution is 2.12. The van der Waals surface area contributed by atoms with Gasteiger partial charge in [-0.25, -0.2) is 0 Å². The highest BCUT2D eigenvalue weighted by molar-refractivity contribution is 5.78. The lowest BCUT2D eigenvalue weighted by atomic mass is 10.0. The molecular weight excluding hydrogens is 240 g/mol. The van der Waals surface area contributed by atoms with E-state index in [0.717, 1.165) is 25.9 Å². The molecule has 0 rings (SSSR count). The standard InChI is InChI=1S/C15H32N2O2/c1-12(2)7-9-17(10-8-13(3)4)11-15(5,16-6)14(18)19/h12-13,16H,7-11H2,1-6H3,(H,18,19). The average molecular weight is 272 g/mol. The van der Waals surface area contributed by atoms with Crippen LogP contribution in [0.25, 0.3) is 0 Å². The van der Waals surface area contributed by atoms with Crippen molar-refractivity contribution in [3.63, 3.8) is 0 Å².